The van der Waals surface area contributed by atoms with E-state index < -0.39 is 0 Å². The fourth-order valence-electron chi connectivity index (χ4n) is 3.05. The minimum Gasteiger partial charge on any atom is -0.392 e. The van der Waals surface area contributed by atoms with Crippen LogP contribution in [0.3, 0.4) is 0 Å². The lowest BCUT2D eigenvalue weighted by Crippen LogP contribution is -2.46. The van der Waals surface area contributed by atoms with Crippen LogP contribution in [0.4, 0.5) is 4.39 Å². The van der Waals surface area contributed by atoms with Crippen LogP contribution in [0.15, 0.2) is 23.2 Å². The number of benzene rings is 1. The van der Waals surface area contributed by atoms with Crippen molar-refractivity contribution in [3.63, 3.8) is 0 Å². The van der Waals surface area contributed by atoms with Crippen molar-refractivity contribution >= 4 is 5.96 Å². The fraction of sp³-hybridized carbons (Fsp3) is 0.611. The van der Waals surface area contributed by atoms with Gasteiger partial charge in [0.05, 0.1) is 6.61 Å². The zero-order chi connectivity index (χ0) is 17.4. The van der Waals surface area contributed by atoms with Gasteiger partial charge in [-0.05, 0) is 42.4 Å². The Kier molecular flexibility index (Phi) is 6.99. The van der Waals surface area contributed by atoms with Crippen LogP contribution in [-0.4, -0.2) is 38.4 Å². The molecule has 0 spiro atoms. The number of aliphatic imine (C=N–C) groups is 1. The van der Waals surface area contributed by atoms with Gasteiger partial charge in [-0.25, -0.2) is 4.39 Å². The van der Waals surface area contributed by atoms with Crippen LogP contribution in [0.5, 0.6) is 0 Å². The van der Waals surface area contributed by atoms with Gasteiger partial charge in [0.2, 0.25) is 0 Å². The summed E-state index contributed by atoms with van der Waals surface area (Å²) >= 11 is 0. The molecule has 24 heavy (non-hydrogen) atoms. The summed E-state index contributed by atoms with van der Waals surface area (Å²) in [5, 5.41) is 15.8. The monoisotopic (exact) mass is 337 g/mol. The number of aliphatic hydroxyl groups excluding tert-OH is 1. The van der Waals surface area contributed by atoms with E-state index in [0.29, 0.717) is 17.5 Å². The highest BCUT2D eigenvalue weighted by Gasteiger charge is 2.36. The molecule has 0 amide bonds. The third-order valence-electron chi connectivity index (χ3n) is 4.85. The molecule has 1 aliphatic rings. The predicted octanol–water partition coefficient (Wildman–Crippen LogP) is 2.19. The number of hydrogen-bond acceptors (Lipinski definition) is 3. The van der Waals surface area contributed by atoms with Crippen molar-refractivity contribution < 1.29 is 14.2 Å². The van der Waals surface area contributed by atoms with Crippen molar-refractivity contribution in [1.82, 2.24) is 10.6 Å². The average molecular weight is 337 g/mol. The maximum atomic E-state index is 13.4. The topological polar surface area (TPSA) is 65.9 Å². The molecule has 2 rings (SSSR count). The summed E-state index contributed by atoms with van der Waals surface area (Å²) in [6.07, 6.45) is 4.78. The maximum absolute atomic E-state index is 13.4. The van der Waals surface area contributed by atoms with Gasteiger partial charge in [-0.3, -0.25) is 4.99 Å². The zero-order valence-electron chi connectivity index (χ0n) is 14.6. The first-order valence-electron chi connectivity index (χ1n) is 8.44. The van der Waals surface area contributed by atoms with Gasteiger partial charge < -0.3 is 20.5 Å². The van der Waals surface area contributed by atoms with Crippen molar-refractivity contribution in [2.45, 2.75) is 38.8 Å². The number of aliphatic hydroxyl groups is 1. The Hall–Kier alpha value is -1.66. The van der Waals surface area contributed by atoms with Crippen LogP contribution in [0.2, 0.25) is 0 Å². The van der Waals surface area contributed by atoms with Gasteiger partial charge in [-0.1, -0.05) is 12.5 Å². The lowest BCUT2D eigenvalue weighted by molar-refractivity contribution is 0.0732. The number of ether oxygens (including phenoxy) is 1. The van der Waals surface area contributed by atoms with Gasteiger partial charge in [0, 0.05) is 39.4 Å². The highest BCUT2D eigenvalue weighted by molar-refractivity contribution is 5.79. The first-order valence-corrected chi connectivity index (χ1v) is 8.44. The molecule has 1 aliphatic carbocycles. The van der Waals surface area contributed by atoms with Crippen LogP contribution >= 0.6 is 0 Å². The van der Waals surface area contributed by atoms with Crippen molar-refractivity contribution in [2.24, 2.45) is 10.4 Å². The number of guanidine groups is 1. The lowest BCUT2D eigenvalue weighted by Gasteiger charge is -2.42. The van der Waals surface area contributed by atoms with Crippen LogP contribution in [0.1, 0.15) is 36.8 Å². The summed E-state index contributed by atoms with van der Waals surface area (Å²) < 4.78 is 18.6. The normalized spacial score (nSPS) is 16.6. The fourth-order valence-corrected chi connectivity index (χ4v) is 3.05. The first kappa shape index (κ1) is 18.7. The molecule has 1 saturated carbocycles. The van der Waals surface area contributed by atoms with E-state index in [9.17, 15) is 4.39 Å². The molecule has 0 unspecified atom stereocenters. The largest absolute Gasteiger partial charge is 0.392 e. The number of rotatable bonds is 8. The molecule has 1 aromatic carbocycles. The van der Waals surface area contributed by atoms with Crippen LogP contribution in [0.25, 0.3) is 0 Å². The molecule has 6 heteroatoms. The SMILES string of the molecule is CN=C(NCc1ccc(F)c(CO)c1)NCC1(CCOC)CCC1. The third-order valence-corrected chi connectivity index (χ3v) is 4.85. The second-order valence-corrected chi connectivity index (χ2v) is 6.46. The van der Waals surface area contributed by atoms with E-state index in [1.807, 2.05) is 0 Å². The molecule has 1 fully saturated rings. The van der Waals surface area contributed by atoms with Crippen LogP contribution in [-0.2, 0) is 17.9 Å². The average Bonchev–Trinajstić information content (AvgIpc) is 2.57. The summed E-state index contributed by atoms with van der Waals surface area (Å²) in [6, 6.07) is 4.76. The molecule has 0 radical (unpaired) electrons. The minimum absolute atomic E-state index is 0.297. The number of hydrogen-bond donors (Lipinski definition) is 3. The van der Waals surface area contributed by atoms with Gasteiger partial charge in [0.15, 0.2) is 5.96 Å². The second-order valence-electron chi connectivity index (χ2n) is 6.46. The first-order chi connectivity index (χ1) is 11.6. The van der Waals surface area contributed by atoms with E-state index in [2.05, 4.69) is 15.6 Å². The molecule has 3 N–H and O–H groups in total. The van der Waals surface area contributed by atoms with Gasteiger partial charge in [-0.2, -0.15) is 0 Å². The van der Waals surface area contributed by atoms with Gasteiger partial charge >= 0.3 is 0 Å². The molecule has 5 nitrogen and oxygen atoms in total. The van der Waals surface area contributed by atoms with E-state index in [0.717, 1.165) is 31.1 Å². The Morgan fingerprint density at radius 2 is 2.17 bits per heavy atom. The van der Waals surface area contributed by atoms with Gasteiger partial charge in [0.25, 0.3) is 0 Å². The molecule has 0 bridgehead atoms. The summed E-state index contributed by atoms with van der Waals surface area (Å²) in [7, 11) is 3.48. The molecule has 134 valence electrons. The Bertz CT molecular complexity index is 559. The molecule has 0 heterocycles. The van der Waals surface area contributed by atoms with Crippen molar-refractivity contribution in [2.75, 3.05) is 27.3 Å². The Balaban J connectivity index is 1.84. The third kappa shape index (κ3) is 4.92. The lowest BCUT2D eigenvalue weighted by atomic mass is 9.67. The van der Waals surface area contributed by atoms with E-state index in [-0.39, 0.29) is 12.4 Å². The molecule has 0 aromatic heterocycles. The Morgan fingerprint density at radius 3 is 2.75 bits per heavy atom. The van der Waals surface area contributed by atoms with Crippen molar-refractivity contribution in [3.05, 3.63) is 35.1 Å². The molecule has 0 saturated heterocycles. The second kappa shape index (κ2) is 8.99. The van der Waals surface area contributed by atoms with Gasteiger partial charge in [-0.15, -0.1) is 0 Å². The van der Waals surface area contributed by atoms with Crippen LogP contribution < -0.4 is 10.6 Å². The number of nitrogens with one attached hydrogen (secondary N) is 2. The number of nitrogens with zero attached hydrogens (tertiary/aromatic N) is 1. The summed E-state index contributed by atoms with van der Waals surface area (Å²) in [5.74, 6) is 0.349. The minimum atomic E-state index is -0.381. The molecule has 0 aliphatic heterocycles. The van der Waals surface area contributed by atoms with Gasteiger partial charge in [0.1, 0.15) is 5.82 Å². The summed E-state index contributed by atoms with van der Waals surface area (Å²) in [6.45, 7) is 1.89. The summed E-state index contributed by atoms with van der Waals surface area (Å²) in [4.78, 5) is 4.24. The number of halogens is 1. The molecule has 0 atom stereocenters. The summed E-state index contributed by atoms with van der Waals surface area (Å²) in [5.41, 5.74) is 1.53. The van der Waals surface area contributed by atoms with E-state index in [1.54, 1.807) is 26.3 Å². The van der Waals surface area contributed by atoms with E-state index >= 15 is 0 Å². The Labute approximate surface area is 143 Å². The highest BCUT2D eigenvalue weighted by atomic mass is 19.1. The van der Waals surface area contributed by atoms with Crippen LogP contribution in [0, 0.1) is 11.2 Å². The van der Waals surface area contributed by atoms with Crippen molar-refractivity contribution in [3.8, 4) is 0 Å². The smallest absolute Gasteiger partial charge is 0.191 e. The van der Waals surface area contributed by atoms with E-state index in [4.69, 9.17) is 9.84 Å². The highest BCUT2D eigenvalue weighted by Crippen LogP contribution is 2.43. The maximum Gasteiger partial charge on any atom is 0.191 e. The quantitative estimate of drug-likeness (QED) is 0.502. The van der Waals surface area contributed by atoms with Crippen molar-refractivity contribution in [1.29, 1.82) is 0 Å². The molecular formula is C18H28FN3O2. The predicted molar refractivity (Wildman–Crippen MR) is 93.3 cm³/mol. The van der Waals surface area contributed by atoms with E-state index in [1.165, 1.54) is 25.3 Å². The molecular weight excluding hydrogens is 309 g/mol. The number of methoxy groups -OCH3 is 1. The zero-order valence-corrected chi connectivity index (χ0v) is 14.6. The Morgan fingerprint density at radius 1 is 1.38 bits per heavy atom. The standard InChI is InChI=1S/C18H28FN3O2/c1-20-17(22-13-18(6-3-7-18)8-9-24-2)21-11-14-4-5-16(19)15(10-14)12-23/h4-5,10,23H,3,6-9,11-13H2,1-2H3,(H2,20,21,22). The molecule has 1 aromatic rings.